The van der Waals surface area contributed by atoms with Gasteiger partial charge in [0.25, 0.3) is 0 Å². The minimum atomic E-state index is -0.588. The molecule has 9 nitrogen and oxygen atoms in total. The maximum atomic E-state index is 12.5. The van der Waals surface area contributed by atoms with E-state index in [4.69, 9.17) is 9.47 Å². The Morgan fingerprint density at radius 3 is 2.24 bits per heavy atom. The van der Waals surface area contributed by atoms with E-state index in [0.717, 1.165) is 69.0 Å². The smallest absolute Gasteiger partial charge is 0.221 e. The van der Waals surface area contributed by atoms with Crippen molar-refractivity contribution < 1.29 is 29.0 Å². The second kappa shape index (κ2) is 19.2. The van der Waals surface area contributed by atoms with E-state index in [0.29, 0.717) is 25.9 Å². The van der Waals surface area contributed by atoms with E-state index in [9.17, 15) is 19.5 Å². The molecule has 0 bridgehead atoms. The highest BCUT2D eigenvalue weighted by molar-refractivity contribution is 7.99. The van der Waals surface area contributed by atoms with E-state index in [1.165, 1.54) is 13.8 Å². The predicted molar refractivity (Wildman–Crippen MR) is 201 cm³/mol. The number of hydrogen-bond donors (Lipinski definition) is 4. The first-order valence-electron chi connectivity index (χ1n) is 17.5. The molecule has 4 aromatic carbocycles. The van der Waals surface area contributed by atoms with Crippen LogP contribution < -0.4 is 16.0 Å². The summed E-state index contributed by atoms with van der Waals surface area (Å²) in [4.78, 5) is 35.9. The molecule has 51 heavy (non-hydrogen) atoms. The van der Waals surface area contributed by atoms with Gasteiger partial charge in [-0.2, -0.15) is 0 Å². The maximum Gasteiger partial charge on any atom is 0.221 e. The van der Waals surface area contributed by atoms with Crippen LogP contribution in [0.15, 0.2) is 102 Å². The zero-order valence-electron chi connectivity index (χ0n) is 29.2. The third kappa shape index (κ3) is 12.1. The van der Waals surface area contributed by atoms with Gasteiger partial charge in [0.15, 0.2) is 6.29 Å². The fraction of sp³-hybridized carbons (Fsp3) is 0.341. The molecule has 1 heterocycles. The Bertz CT molecular complexity index is 1750. The minimum Gasteiger partial charge on any atom is -0.392 e. The van der Waals surface area contributed by atoms with Crippen molar-refractivity contribution in [2.75, 3.05) is 17.6 Å². The van der Waals surface area contributed by atoms with Crippen LogP contribution in [0.3, 0.4) is 0 Å². The summed E-state index contributed by atoms with van der Waals surface area (Å²) in [6.45, 7) is 4.07. The fourth-order valence-electron chi connectivity index (χ4n) is 5.92. The number of thioether (sulfide) groups is 1. The molecule has 268 valence electrons. The highest BCUT2D eigenvalue weighted by Crippen LogP contribution is 2.40. The summed E-state index contributed by atoms with van der Waals surface area (Å²) in [6, 6.07) is 32.0. The molecule has 1 aliphatic heterocycles. The summed E-state index contributed by atoms with van der Waals surface area (Å²) < 4.78 is 13.2. The van der Waals surface area contributed by atoms with Gasteiger partial charge in [-0.25, -0.2) is 0 Å². The Balaban J connectivity index is 1.24. The average Bonchev–Trinajstić information content (AvgIpc) is 3.15. The zero-order valence-corrected chi connectivity index (χ0v) is 30.0. The van der Waals surface area contributed by atoms with E-state index in [2.05, 4.69) is 40.2 Å². The van der Waals surface area contributed by atoms with Gasteiger partial charge >= 0.3 is 0 Å². The summed E-state index contributed by atoms with van der Waals surface area (Å²) in [5.74, 6) is 0.602. The Morgan fingerprint density at radius 1 is 0.765 bits per heavy atom. The minimum absolute atomic E-state index is 0.0139. The van der Waals surface area contributed by atoms with Crippen molar-refractivity contribution in [1.29, 1.82) is 0 Å². The van der Waals surface area contributed by atoms with Crippen molar-refractivity contribution in [3.63, 3.8) is 0 Å². The van der Waals surface area contributed by atoms with Crippen molar-refractivity contribution in [3.8, 4) is 11.1 Å². The van der Waals surface area contributed by atoms with Gasteiger partial charge in [0, 0.05) is 61.7 Å². The third-order valence-corrected chi connectivity index (χ3v) is 9.73. The van der Waals surface area contributed by atoms with Crippen LogP contribution in [0.5, 0.6) is 0 Å². The molecule has 3 amide bonds. The first-order chi connectivity index (χ1) is 24.7. The van der Waals surface area contributed by atoms with Gasteiger partial charge in [0.1, 0.15) is 0 Å². The lowest BCUT2D eigenvalue weighted by Gasteiger charge is -2.36. The molecular formula is C41H47N3O6S. The van der Waals surface area contributed by atoms with Crippen LogP contribution in [-0.4, -0.2) is 41.2 Å². The molecule has 1 saturated heterocycles. The van der Waals surface area contributed by atoms with Gasteiger partial charge < -0.3 is 30.5 Å². The van der Waals surface area contributed by atoms with Crippen molar-refractivity contribution in [3.05, 3.63) is 119 Å². The maximum absolute atomic E-state index is 12.5. The van der Waals surface area contributed by atoms with Gasteiger partial charge in [-0.3, -0.25) is 14.4 Å². The van der Waals surface area contributed by atoms with Crippen LogP contribution in [0, 0.1) is 0 Å². The number of unbranched alkanes of at least 4 members (excludes halogenated alkanes) is 2. The van der Waals surface area contributed by atoms with Crippen LogP contribution in [-0.2, 0) is 37.0 Å². The molecule has 3 atom stereocenters. The van der Waals surface area contributed by atoms with Crippen molar-refractivity contribution in [2.24, 2.45) is 0 Å². The quantitative estimate of drug-likeness (QED) is 0.0703. The van der Waals surface area contributed by atoms with Crippen LogP contribution in [0.4, 0.5) is 5.69 Å². The van der Waals surface area contributed by atoms with Gasteiger partial charge in [0.2, 0.25) is 17.7 Å². The molecule has 1 aliphatic rings. The van der Waals surface area contributed by atoms with E-state index in [-0.39, 0.29) is 36.5 Å². The first kappa shape index (κ1) is 37.8. The topological polar surface area (TPSA) is 126 Å². The second-order valence-electron chi connectivity index (χ2n) is 12.8. The van der Waals surface area contributed by atoms with Crippen LogP contribution in [0.25, 0.3) is 11.1 Å². The number of aliphatic hydroxyl groups is 1. The molecule has 0 aromatic heterocycles. The lowest BCUT2D eigenvalue weighted by molar-refractivity contribution is -0.245. The first-order valence-corrected chi connectivity index (χ1v) is 18.5. The average molecular weight is 710 g/mol. The monoisotopic (exact) mass is 709 g/mol. The lowest BCUT2D eigenvalue weighted by atomic mass is 9.99. The van der Waals surface area contributed by atoms with E-state index in [1.807, 2.05) is 72.8 Å². The number of anilines is 1. The van der Waals surface area contributed by atoms with Crippen LogP contribution in [0.2, 0.25) is 0 Å². The molecule has 1 fully saturated rings. The molecule has 10 heteroatoms. The van der Waals surface area contributed by atoms with Gasteiger partial charge in [0.05, 0.1) is 18.8 Å². The highest BCUT2D eigenvalue weighted by Gasteiger charge is 2.32. The summed E-state index contributed by atoms with van der Waals surface area (Å²) in [5.41, 5.74) is 6.62. The van der Waals surface area contributed by atoms with Crippen molar-refractivity contribution >= 4 is 35.2 Å². The number of carbonyl (C=O) groups is 3. The van der Waals surface area contributed by atoms with Crippen molar-refractivity contribution in [2.45, 2.75) is 82.5 Å². The number of rotatable bonds is 16. The van der Waals surface area contributed by atoms with Gasteiger partial charge in [-0.15, -0.1) is 11.8 Å². The van der Waals surface area contributed by atoms with Crippen molar-refractivity contribution in [1.82, 2.24) is 10.6 Å². The summed E-state index contributed by atoms with van der Waals surface area (Å²) in [6.07, 6.45) is 2.78. The van der Waals surface area contributed by atoms with Crippen LogP contribution >= 0.6 is 11.8 Å². The molecule has 5 rings (SSSR count). The SMILES string of the molecule is CC(=O)NCCCCCC(=O)NCc1cccc(-c2cccc(C3OC(CSc4ccc(NC(C)=O)cc4)CC(c4ccc(CO)cc4)O3)c2)c1. The highest BCUT2D eigenvalue weighted by atomic mass is 32.2. The Labute approximate surface area is 304 Å². The zero-order chi connectivity index (χ0) is 36.0. The lowest BCUT2D eigenvalue weighted by Crippen LogP contribution is -2.31. The number of amides is 3. The fourth-order valence-corrected chi connectivity index (χ4v) is 6.84. The number of hydrogen-bond acceptors (Lipinski definition) is 7. The summed E-state index contributed by atoms with van der Waals surface area (Å²) >= 11 is 1.70. The molecule has 0 aliphatic carbocycles. The van der Waals surface area contributed by atoms with Gasteiger partial charge in [-0.05, 0) is 77.1 Å². The largest absolute Gasteiger partial charge is 0.392 e. The molecule has 3 unspecified atom stereocenters. The Hall–Kier alpha value is -4.48. The van der Waals surface area contributed by atoms with Crippen LogP contribution in [0.1, 0.15) is 80.6 Å². The molecule has 4 aromatic rings. The molecule has 0 radical (unpaired) electrons. The summed E-state index contributed by atoms with van der Waals surface area (Å²) in [7, 11) is 0. The Morgan fingerprint density at radius 2 is 1.51 bits per heavy atom. The third-order valence-electron chi connectivity index (χ3n) is 8.59. The second-order valence-corrected chi connectivity index (χ2v) is 13.9. The molecule has 4 N–H and O–H groups in total. The van der Waals surface area contributed by atoms with Gasteiger partial charge in [-0.1, -0.05) is 67.1 Å². The Kier molecular flexibility index (Phi) is 14.2. The number of carbonyl (C=O) groups excluding carboxylic acids is 3. The number of ether oxygens (including phenoxy) is 2. The van der Waals surface area contributed by atoms with E-state index < -0.39 is 6.29 Å². The number of benzene rings is 4. The predicted octanol–water partition coefficient (Wildman–Crippen LogP) is 7.45. The molecular weight excluding hydrogens is 663 g/mol. The molecule has 0 saturated carbocycles. The molecule has 0 spiro atoms. The normalized spacial score (nSPS) is 17.0. The summed E-state index contributed by atoms with van der Waals surface area (Å²) in [5, 5.41) is 18.2. The van der Waals surface area contributed by atoms with E-state index >= 15 is 0 Å². The number of nitrogens with one attached hydrogen (secondary N) is 3. The standard InChI is InChI=1S/C41H47N3O6S/c1-28(46)42-21-5-3-4-12-40(48)43-25-31-8-6-9-33(22-31)34-10-7-11-35(23-34)41-49-37(24-39(50-41)32-15-13-30(26-45)14-16-32)27-51-38-19-17-36(18-20-38)44-29(2)47/h6-11,13-20,22-23,37,39,41,45H,3-5,12,21,24-27H2,1-2H3,(H,42,46)(H,43,48)(H,44,47). The van der Waals surface area contributed by atoms with E-state index in [1.54, 1.807) is 11.8 Å². The number of aliphatic hydroxyl groups excluding tert-OH is 1.